The van der Waals surface area contributed by atoms with Crippen molar-refractivity contribution in [2.45, 2.75) is 43.4 Å². The lowest BCUT2D eigenvalue weighted by Crippen LogP contribution is -2.56. The number of anilines is 1. The molecule has 40 heavy (non-hydrogen) atoms. The minimum atomic E-state index is -4.78. The Labute approximate surface area is 235 Å². The third-order valence-corrected chi connectivity index (χ3v) is 9.51. The Morgan fingerprint density at radius 1 is 1.05 bits per heavy atom. The van der Waals surface area contributed by atoms with Crippen molar-refractivity contribution in [1.29, 1.82) is 0 Å². The highest BCUT2D eigenvalue weighted by Crippen LogP contribution is 2.39. The Morgan fingerprint density at radius 3 is 2.35 bits per heavy atom. The van der Waals surface area contributed by atoms with Crippen LogP contribution in [-0.4, -0.2) is 35.2 Å². The zero-order valence-corrected chi connectivity index (χ0v) is 23.9. The van der Waals surface area contributed by atoms with Crippen LogP contribution in [0.5, 0.6) is 0 Å². The van der Waals surface area contributed by atoms with E-state index in [2.05, 4.69) is 4.72 Å². The molecule has 6 nitrogen and oxygen atoms in total. The van der Waals surface area contributed by atoms with Crippen molar-refractivity contribution in [3.63, 3.8) is 0 Å². The zero-order valence-electron chi connectivity index (χ0n) is 21.5. The predicted molar refractivity (Wildman–Crippen MR) is 147 cm³/mol. The summed E-state index contributed by atoms with van der Waals surface area (Å²) in [6.45, 7) is 3.11. The fourth-order valence-corrected chi connectivity index (χ4v) is 7.65. The number of hydrogen-bond donors (Lipinski definition) is 1. The van der Waals surface area contributed by atoms with Gasteiger partial charge >= 0.3 is 6.18 Å². The van der Waals surface area contributed by atoms with Gasteiger partial charge in [-0.25, -0.2) is 25.9 Å². The molecule has 3 aromatic rings. The number of nitrogens with zero attached hydrogens (tertiary/aromatic N) is 1. The maximum atomic E-state index is 14.5. The van der Waals surface area contributed by atoms with Gasteiger partial charge in [0.2, 0.25) is 10.0 Å². The van der Waals surface area contributed by atoms with E-state index in [0.29, 0.717) is 22.8 Å². The summed E-state index contributed by atoms with van der Waals surface area (Å²) in [5.74, 6) is -0.545. The first-order valence-electron chi connectivity index (χ1n) is 11.9. The molecule has 0 bridgehead atoms. The minimum absolute atomic E-state index is 0.125. The van der Waals surface area contributed by atoms with Gasteiger partial charge in [-0.2, -0.15) is 13.2 Å². The Morgan fingerprint density at radius 2 is 1.73 bits per heavy atom. The van der Waals surface area contributed by atoms with Crippen LogP contribution in [0.4, 0.5) is 23.2 Å². The minimum Gasteiger partial charge on any atom is -0.262 e. The second kappa shape index (κ2) is 10.8. The Hall–Kier alpha value is -2.93. The molecule has 0 amide bonds. The maximum Gasteiger partial charge on any atom is 0.416 e. The molecule has 0 radical (unpaired) electrons. The molecule has 0 aromatic heterocycles. The van der Waals surface area contributed by atoms with Crippen LogP contribution in [0.2, 0.25) is 5.02 Å². The number of sulfonamides is 2. The molecule has 214 valence electrons. The number of alkyl halides is 3. The van der Waals surface area contributed by atoms with Crippen molar-refractivity contribution in [1.82, 2.24) is 4.72 Å². The van der Waals surface area contributed by atoms with Crippen LogP contribution >= 0.6 is 11.6 Å². The highest BCUT2D eigenvalue weighted by molar-refractivity contribution is 7.93. The highest BCUT2D eigenvalue weighted by atomic mass is 35.5. The van der Waals surface area contributed by atoms with E-state index in [4.69, 9.17) is 11.6 Å². The van der Waals surface area contributed by atoms with Crippen molar-refractivity contribution < 1.29 is 34.4 Å². The SMILES string of the molecule is CC(=Cc1ccc2c(c1)N(S(=O)(=O)c1cccc(C(F)(F)F)c1)C(C)C(NS(C)(=O)=O)C2)c1c(F)cccc1Cl. The summed E-state index contributed by atoms with van der Waals surface area (Å²) in [5, 5.41) is 0.184. The van der Waals surface area contributed by atoms with Gasteiger partial charge in [-0.15, -0.1) is 0 Å². The highest BCUT2D eigenvalue weighted by Gasteiger charge is 2.41. The number of nitrogens with one attached hydrogen (secondary N) is 1. The van der Waals surface area contributed by atoms with E-state index in [1.54, 1.807) is 25.1 Å². The largest absolute Gasteiger partial charge is 0.416 e. The van der Waals surface area contributed by atoms with Crippen LogP contribution in [0.1, 0.15) is 36.1 Å². The van der Waals surface area contributed by atoms with E-state index in [9.17, 15) is 34.4 Å². The molecule has 0 spiro atoms. The van der Waals surface area contributed by atoms with Crippen molar-refractivity contribution in [2.24, 2.45) is 0 Å². The Kier molecular flexibility index (Phi) is 8.12. The lowest BCUT2D eigenvalue weighted by Gasteiger charge is -2.41. The Bertz CT molecular complexity index is 1690. The fourth-order valence-electron chi connectivity index (χ4n) is 4.75. The molecule has 4 rings (SSSR count). The van der Waals surface area contributed by atoms with Crippen molar-refractivity contribution in [2.75, 3.05) is 10.6 Å². The lowest BCUT2D eigenvalue weighted by molar-refractivity contribution is -0.137. The number of rotatable bonds is 6. The van der Waals surface area contributed by atoms with E-state index < -0.39 is 54.6 Å². The van der Waals surface area contributed by atoms with Gasteiger partial charge in [-0.1, -0.05) is 41.9 Å². The average molecular weight is 617 g/mol. The summed E-state index contributed by atoms with van der Waals surface area (Å²) in [4.78, 5) is -0.601. The number of benzene rings is 3. The maximum absolute atomic E-state index is 14.5. The predicted octanol–water partition coefficient (Wildman–Crippen LogP) is 6.12. The molecule has 0 saturated carbocycles. The number of fused-ring (bicyclic) bond motifs is 1. The molecule has 13 heteroatoms. The first kappa shape index (κ1) is 30.0. The molecule has 1 heterocycles. The normalized spacial score (nSPS) is 18.5. The van der Waals surface area contributed by atoms with Crippen molar-refractivity contribution in [3.05, 3.63) is 93.8 Å². The summed E-state index contributed by atoms with van der Waals surface area (Å²) >= 11 is 6.19. The third-order valence-electron chi connectivity index (χ3n) is 6.56. The summed E-state index contributed by atoms with van der Waals surface area (Å²) < 4.78 is 110. The van der Waals surface area contributed by atoms with Crippen LogP contribution in [-0.2, 0) is 32.6 Å². The topological polar surface area (TPSA) is 83.6 Å². The van der Waals surface area contributed by atoms with Crippen LogP contribution in [0.15, 0.2) is 65.6 Å². The molecule has 2 atom stereocenters. The summed E-state index contributed by atoms with van der Waals surface area (Å²) in [5.41, 5.74) is 0.572. The van der Waals surface area contributed by atoms with Crippen LogP contribution < -0.4 is 9.03 Å². The van der Waals surface area contributed by atoms with Crippen molar-refractivity contribution >= 4 is 49.0 Å². The standard InChI is InChI=1S/C27H25ClF4N2O4S2/c1-16(26-22(28)8-5-9-23(26)29)12-18-10-11-19-14-24(33-39(3,35)36)17(2)34(25(19)13-18)40(37,38)21-7-4-6-20(15-21)27(30,31)32/h4-13,15,17,24,33H,14H2,1-3H3. The van der Waals surface area contributed by atoms with Crippen LogP contribution in [0, 0.1) is 5.82 Å². The molecular weight excluding hydrogens is 592 g/mol. The molecule has 1 aliphatic heterocycles. The molecule has 2 unspecified atom stereocenters. The summed E-state index contributed by atoms with van der Waals surface area (Å²) in [6.07, 6.45) is -2.11. The monoisotopic (exact) mass is 616 g/mol. The second-order valence-corrected chi connectivity index (χ2v) is 13.6. The molecule has 1 N–H and O–H groups in total. The fraction of sp³-hybridized carbons (Fsp3) is 0.259. The second-order valence-electron chi connectivity index (χ2n) is 9.58. The van der Waals surface area contributed by atoms with E-state index in [1.165, 1.54) is 31.2 Å². The molecule has 1 aliphatic rings. The molecule has 0 saturated heterocycles. The van der Waals surface area contributed by atoms with Gasteiger partial charge in [-0.05, 0) is 73.4 Å². The van der Waals surface area contributed by atoms with Gasteiger partial charge < -0.3 is 0 Å². The van der Waals surface area contributed by atoms with Gasteiger partial charge in [0.15, 0.2) is 0 Å². The van der Waals surface area contributed by atoms with Gasteiger partial charge in [0.1, 0.15) is 5.82 Å². The van der Waals surface area contributed by atoms with E-state index in [-0.39, 0.29) is 22.7 Å². The number of allylic oxidation sites excluding steroid dienone is 1. The molecule has 0 fully saturated rings. The van der Waals surface area contributed by atoms with Crippen LogP contribution in [0.3, 0.4) is 0 Å². The van der Waals surface area contributed by atoms with Gasteiger partial charge in [-0.3, -0.25) is 4.31 Å². The van der Waals surface area contributed by atoms with Gasteiger partial charge in [0, 0.05) is 11.6 Å². The van der Waals surface area contributed by atoms with E-state index in [0.717, 1.165) is 28.8 Å². The molecular formula is C27H25ClF4N2O4S2. The molecule has 3 aromatic carbocycles. The quantitative estimate of drug-likeness (QED) is 0.267. The third kappa shape index (κ3) is 6.19. The zero-order chi connectivity index (χ0) is 29.6. The van der Waals surface area contributed by atoms with Crippen molar-refractivity contribution in [3.8, 4) is 0 Å². The Balaban J connectivity index is 1.88. The first-order chi connectivity index (χ1) is 18.5. The smallest absolute Gasteiger partial charge is 0.262 e. The summed E-state index contributed by atoms with van der Waals surface area (Å²) in [6, 6.07) is 10.5. The van der Waals surface area contributed by atoms with Gasteiger partial charge in [0.25, 0.3) is 10.0 Å². The van der Waals surface area contributed by atoms with Crippen LogP contribution in [0.25, 0.3) is 11.6 Å². The number of halogens is 5. The van der Waals surface area contributed by atoms with E-state index in [1.807, 2.05) is 0 Å². The molecule has 0 aliphatic carbocycles. The van der Waals surface area contributed by atoms with Gasteiger partial charge in [0.05, 0.1) is 33.5 Å². The average Bonchev–Trinajstić information content (AvgIpc) is 2.83. The lowest BCUT2D eigenvalue weighted by atomic mass is 9.93. The first-order valence-corrected chi connectivity index (χ1v) is 15.6. The van der Waals surface area contributed by atoms with E-state index >= 15 is 0 Å². The number of hydrogen-bond acceptors (Lipinski definition) is 4. The summed E-state index contributed by atoms with van der Waals surface area (Å²) in [7, 11) is -8.37.